The fourth-order valence-electron chi connectivity index (χ4n) is 1.97. The van der Waals surface area contributed by atoms with E-state index in [1.807, 2.05) is 36.0 Å². The fraction of sp³-hybridized carbons (Fsp3) is 0.357. The molecule has 0 atom stereocenters. The molecule has 0 unspecified atom stereocenters. The SMILES string of the molecule is Cn1nccc1CCOc1cccc(Cl)c1CCN. The Morgan fingerprint density at radius 3 is 2.84 bits per heavy atom. The Hall–Kier alpha value is -1.52. The summed E-state index contributed by atoms with van der Waals surface area (Å²) in [4.78, 5) is 0. The largest absolute Gasteiger partial charge is 0.493 e. The van der Waals surface area contributed by atoms with Gasteiger partial charge < -0.3 is 10.5 Å². The van der Waals surface area contributed by atoms with Crippen molar-refractivity contribution in [3.63, 3.8) is 0 Å². The molecule has 0 amide bonds. The number of hydrogen-bond acceptors (Lipinski definition) is 3. The van der Waals surface area contributed by atoms with Crippen molar-refractivity contribution in [1.29, 1.82) is 0 Å². The minimum atomic E-state index is 0.557. The second kappa shape index (κ2) is 6.59. The zero-order chi connectivity index (χ0) is 13.7. The Morgan fingerprint density at radius 2 is 2.16 bits per heavy atom. The number of halogens is 1. The summed E-state index contributed by atoms with van der Waals surface area (Å²) in [6.45, 7) is 1.15. The third-order valence-corrected chi connectivity index (χ3v) is 3.36. The molecule has 0 aliphatic heterocycles. The lowest BCUT2D eigenvalue weighted by Crippen LogP contribution is -2.09. The molecule has 0 aliphatic carbocycles. The maximum absolute atomic E-state index is 6.16. The van der Waals surface area contributed by atoms with Crippen molar-refractivity contribution in [3.05, 3.63) is 46.7 Å². The van der Waals surface area contributed by atoms with E-state index in [1.54, 1.807) is 6.20 Å². The van der Waals surface area contributed by atoms with Gasteiger partial charge >= 0.3 is 0 Å². The lowest BCUT2D eigenvalue weighted by molar-refractivity contribution is 0.315. The third-order valence-electron chi connectivity index (χ3n) is 3.01. The number of rotatable bonds is 6. The molecule has 0 saturated carbocycles. The number of aromatic nitrogens is 2. The molecule has 0 aliphatic rings. The van der Waals surface area contributed by atoms with E-state index in [1.165, 1.54) is 0 Å². The summed E-state index contributed by atoms with van der Waals surface area (Å²) in [7, 11) is 1.93. The van der Waals surface area contributed by atoms with Crippen molar-refractivity contribution in [2.24, 2.45) is 12.8 Å². The van der Waals surface area contributed by atoms with Gasteiger partial charge in [-0.15, -0.1) is 0 Å². The summed E-state index contributed by atoms with van der Waals surface area (Å²) in [5, 5.41) is 4.84. The quantitative estimate of drug-likeness (QED) is 0.882. The average molecular weight is 280 g/mol. The highest BCUT2D eigenvalue weighted by Gasteiger charge is 2.08. The molecule has 0 spiro atoms. The Labute approximate surface area is 118 Å². The minimum Gasteiger partial charge on any atom is -0.493 e. The smallest absolute Gasteiger partial charge is 0.124 e. The van der Waals surface area contributed by atoms with Crippen molar-refractivity contribution >= 4 is 11.6 Å². The second-order valence-electron chi connectivity index (χ2n) is 4.30. The van der Waals surface area contributed by atoms with E-state index >= 15 is 0 Å². The van der Waals surface area contributed by atoms with Crippen LogP contribution in [0.3, 0.4) is 0 Å². The van der Waals surface area contributed by atoms with Crippen LogP contribution in [0.25, 0.3) is 0 Å². The van der Waals surface area contributed by atoms with Crippen LogP contribution in [-0.2, 0) is 19.9 Å². The van der Waals surface area contributed by atoms with E-state index in [0.717, 1.165) is 29.8 Å². The molecular formula is C14H18ClN3O. The van der Waals surface area contributed by atoms with Gasteiger partial charge in [-0.2, -0.15) is 5.10 Å². The van der Waals surface area contributed by atoms with Crippen LogP contribution in [0.2, 0.25) is 5.02 Å². The molecule has 19 heavy (non-hydrogen) atoms. The first kappa shape index (κ1) is 13.9. The van der Waals surface area contributed by atoms with Gasteiger partial charge in [0.25, 0.3) is 0 Å². The van der Waals surface area contributed by atoms with E-state index in [2.05, 4.69) is 5.10 Å². The molecule has 2 aromatic rings. The molecule has 1 aromatic carbocycles. The van der Waals surface area contributed by atoms with Crippen LogP contribution >= 0.6 is 11.6 Å². The lowest BCUT2D eigenvalue weighted by Gasteiger charge is -2.12. The Morgan fingerprint density at radius 1 is 1.32 bits per heavy atom. The van der Waals surface area contributed by atoms with Crippen LogP contribution in [0.4, 0.5) is 0 Å². The zero-order valence-electron chi connectivity index (χ0n) is 11.0. The number of aryl methyl sites for hydroxylation is 1. The molecule has 4 nitrogen and oxygen atoms in total. The molecule has 2 rings (SSSR count). The minimum absolute atomic E-state index is 0.557. The van der Waals surface area contributed by atoms with Crippen LogP contribution in [0, 0.1) is 0 Å². The average Bonchev–Trinajstić information content (AvgIpc) is 2.79. The van der Waals surface area contributed by atoms with Crippen molar-refractivity contribution in [2.75, 3.05) is 13.2 Å². The van der Waals surface area contributed by atoms with Gasteiger partial charge in [-0.25, -0.2) is 0 Å². The van der Waals surface area contributed by atoms with Gasteiger partial charge in [-0.1, -0.05) is 17.7 Å². The molecule has 0 fully saturated rings. The maximum Gasteiger partial charge on any atom is 0.124 e. The highest BCUT2D eigenvalue weighted by Crippen LogP contribution is 2.26. The normalized spacial score (nSPS) is 10.7. The van der Waals surface area contributed by atoms with Crippen molar-refractivity contribution in [2.45, 2.75) is 12.8 Å². The van der Waals surface area contributed by atoms with E-state index in [0.29, 0.717) is 18.2 Å². The second-order valence-corrected chi connectivity index (χ2v) is 4.71. The summed E-state index contributed by atoms with van der Waals surface area (Å²) in [6.07, 6.45) is 3.32. The molecule has 1 heterocycles. The van der Waals surface area contributed by atoms with Gasteiger partial charge in [0.1, 0.15) is 5.75 Å². The monoisotopic (exact) mass is 279 g/mol. The highest BCUT2D eigenvalue weighted by atomic mass is 35.5. The Bertz CT molecular complexity index is 539. The van der Waals surface area contributed by atoms with Crippen LogP contribution in [0.15, 0.2) is 30.5 Å². The number of benzene rings is 1. The van der Waals surface area contributed by atoms with E-state index in [9.17, 15) is 0 Å². The standard InChI is InChI=1S/C14H18ClN3O/c1-18-11(6-9-17-18)7-10-19-14-4-2-3-13(15)12(14)5-8-16/h2-4,6,9H,5,7-8,10,16H2,1H3. The van der Waals surface area contributed by atoms with E-state index in [4.69, 9.17) is 22.1 Å². The van der Waals surface area contributed by atoms with Gasteiger partial charge in [0.15, 0.2) is 0 Å². The van der Waals surface area contributed by atoms with Crippen LogP contribution in [0.5, 0.6) is 5.75 Å². The van der Waals surface area contributed by atoms with E-state index < -0.39 is 0 Å². The number of ether oxygens (including phenoxy) is 1. The summed E-state index contributed by atoms with van der Waals surface area (Å²) in [5.74, 6) is 0.820. The van der Waals surface area contributed by atoms with Gasteiger partial charge in [0, 0.05) is 35.9 Å². The molecule has 102 valence electrons. The predicted molar refractivity (Wildman–Crippen MR) is 76.6 cm³/mol. The molecule has 1 aromatic heterocycles. The molecular weight excluding hydrogens is 262 g/mol. The van der Waals surface area contributed by atoms with Crippen molar-refractivity contribution in [3.8, 4) is 5.75 Å². The van der Waals surface area contributed by atoms with E-state index in [-0.39, 0.29) is 0 Å². The first-order valence-electron chi connectivity index (χ1n) is 6.29. The summed E-state index contributed by atoms with van der Waals surface area (Å²) in [5.41, 5.74) is 7.72. The predicted octanol–water partition coefficient (Wildman–Crippen LogP) is 2.20. The van der Waals surface area contributed by atoms with Gasteiger partial charge in [-0.3, -0.25) is 4.68 Å². The highest BCUT2D eigenvalue weighted by molar-refractivity contribution is 6.31. The number of nitrogens with zero attached hydrogens (tertiary/aromatic N) is 2. The maximum atomic E-state index is 6.16. The van der Waals surface area contributed by atoms with Crippen molar-refractivity contribution < 1.29 is 4.74 Å². The fourth-order valence-corrected chi connectivity index (χ4v) is 2.23. The van der Waals surface area contributed by atoms with Crippen LogP contribution in [0.1, 0.15) is 11.3 Å². The summed E-state index contributed by atoms with van der Waals surface area (Å²) in [6, 6.07) is 7.67. The summed E-state index contributed by atoms with van der Waals surface area (Å²) < 4.78 is 7.67. The zero-order valence-corrected chi connectivity index (χ0v) is 11.7. The topological polar surface area (TPSA) is 53.1 Å². The van der Waals surface area contributed by atoms with Gasteiger partial charge in [-0.05, 0) is 31.2 Å². The van der Waals surface area contributed by atoms with Gasteiger partial charge in [0.05, 0.1) is 6.61 Å². The van der Waals surface area contributed by atoms with Crippen LogP contribution < -0.4 is 10.5 Å². The number of nitrogens with two attached hydrogens (primary N) is 1. The summed E-state index contributed by atoms with van der Waals surface area (Å²) >= 11 is 6.16. The molecule has 5 heteroatoms. The molecule has 0 saturated heterocycles. The Kier molecular flexibility index (Phi) is 4.82. The first-order valence-corrected chi connectivity index (χ1v) is 6.67. The Balaban J connectivity index is 1.99. The lowest BCUT2D eigenvalue weighted by atomic mass is 10.1. The van der Waals surface area contributed by atoms with Crippen molar-refractivity contribution in [1.82, 2.24) is 9.78 Å². The van der Waals surface area contributed by atoms with Gasteiger partial charge in [0.2, 0.25) is 0 Å². The molecule has 2 N–H and O–H groups in total. The number of hydrogen-bond donors (Lipinski definition) is 1. The molecule has 0 radical (unpaired) electrons. The van der Waals surface area contributed by atoms with Crippen LogP contribution in [-0.4, -0.2) is 22.9 Å². The first-order chi connectivity index (χ1) is 9.22. The third kappa shape index (κ3) is 3.49. The molecule has 0 bridgehead atoms.